The van der Waals surface area contributed by atoms with Crippen LogP contribution < -0.4 is 16.2 Å². The molecule has 0 aliphatic carbocycles. The number of H-pyrrole nitrogens is 1. The predicted octanol–water partition coefficient (Wildman–Crippen LogP) is 0.116. The Kier molecular flexibility index (Phi) is 2.78. The van der Waals surface area contributed by atoms with Crippen LogP contribution in [0, 0.1) is 0 Å². The van der Waals surface area contributed by atoms with Gasteiger partial charge in [-0.3, -0.25) is 9.59 Å². The fraction of sp³-hybridized carbons (Fsp3) is 0.455. The second-order valence-corrected chi connectivity index (χ2v) is 4.23. The summed E-state index contributed by atoms with van der Waals surface area (Å²) in [6, 6.07) is 0.0251. The van der Waals surface area contributed by atoms with Gasteiger partial charge in [-0.15, -0.1) is 0 Å². The molecule has 5 heteroatoms. The molecule has 0 bridgehead atoms. The number of carbonyl (C=O) groups is 1. The summed E-state index contributed by atoms with van der Waals surface area (Å²) in [5, 5.41) is 5.87. The third kappa shape index (κ3) is 1.86. The van der Waals surface area contributed by atoms with Crippen molar-refractivity contribution in [2.75, 3.05) is 0 Å². The summed E-state index contributed by atoms with van der Waals surface area (Å²) in [7, 11) is 0. The maximum atomic E-state index is 11.9. The van der Waals surface area contributed by atoms with Crippen LogP contribution in [0.1, 0.15) is 35.3 Å². The van der Waals surface area contributed by atoms with Crippen molar-refractivity contribution in [1.82, 2.24) is 15.6 Å². The number of nitrogens with one attached hydrogen (secondary N) is 3. The second kappa shape index (κ2) is 4.09. The maximum Gasteiger partial charge on any atom is 0.261 e. The molecular weight excluding hydrogens is 206 g/mol. The topological polar surface area (TPSA) is 74.0 Å². The second-order valence-electron chi connectivity index (χ2n) is 4.23. The molecule has 1 aromatic heterocycles. The van der Waals surface area contributed by atoms with Crippen LogP contribution in [0.4, 0.5) is 0 Å². The van der Waals surface area contributed by atoms with Gasteiger partial charge in [0.15, 0.2) is 0 Å². The fourth-order valence-corrected chi connectivity index (χ4v) is 1.87. The van der Waals surface area contributed by atoms with E-state index in [1.807, 2.05) is 13.8 Å². The van der Waals surface area contributed by atoms with Gasteiger partial charge < -0.3 is 15.6 Å². The van der Waals surface area contributed by atoms with Gasteiger partial charge in [-0.2, -0.15) is 0 Å². The number of amides is 1. The smallest absolute Gasteiger partial charge is 0.261 e. The van der Waals surface area contributed by atoms with E-state index in [2.05, 4.69) is 15.6 Å². The lowest BCUT2D eigenvalue weighted by atomic mass is 10.1. The number of hydrogen-bond acceptors (Lipinski definition) is 3. The fourth-order valence-electron chi connectivity index (χ4n) is 1.87. The molecule has 0 unspecified atom stereocenters. The average Bonchev–Trinajstić information content (AvgIpc) is 2.63. The van der Waals surface area contributed by atoms with Gasteiger partial charge in [-0.05, 0) is 25.0 Å². The number of fused-ring (bicyclic) bond motifs is 1. The zero-order valence-corrected chi connectivity index (χ0v) is 9.39. The van der Waals surface area contributed by atoms with Gasteiger partial charge in [0.2, 0.25) is 0 Å². The molecule has 0 saturated carbocycles. The van der Waals surface area contributed by atoms with Crippen LogP contribution in [-0.2, 0) is 13.1 Å². The first-order valence-corrected chi connectivity index (χ1v) is 5.34. The van der Waals surface area contributed by atoms with Gasteiger partial charge in [0.05, 0.1) is 0 Å². The Labute approximate surface area is 93.3 Å². The minimum Gasteiger partial charge on any atom is -0.350 e. The van der Waals surface area contributed by atoms with Gasteiger partial charge in [0.25, 0.3) is 11.5 Å². The summed E-state index contributed by atoms with van der Waals surface area (Å²) < 4.78 is 0. The first-order valence-electron chi connectivity index (χ1n) is 5.34. The molecule has 86 valence electrons. The average molecular weight is 221 g/mol. The Hall–Kier alpha value is -1.62. The molecule has 0 radical (unpaired) electrons. The van der Waals surface area contributed by atoms with Crippen LogP contribution in [0.3, 0.4) is 0 Å². The third-order valence-corrected chi connectivity index (χ3v) is 2.56. The molecule has 1 amide bonds. The molecule has 1 aliphatic rings. The predicted molar refractivity (Wildman–Crippen MR) is 60.2 cm³/mol. The molecule has 2 rings (SSSR count). The Morgan fingerprint density at radius 2 is 2.19 bits per heavy atom. The summed E-state index contributed by atoms with van der Waals surface area (Å²) in [6.45, 7) is 5.02. The summed E-state index contributed by atoms with van der Waals surface area (Å²) >= 11 is 0. The van der Waals surface area contributed by atoms with E-state index >= 15 is 0 Å². The highest BCUT2D eigenvalue weighted by molar-refractivity contribution is 5.95. The minimum absolute atomic E-state index is 0.0251. The first kappa shape index (κ1) is 10.9. The molecule has 1 aliphatic heterocycles. The van der Waals surface area contributed by atoms with Crippen molar-refractivity contribution in [3.63, 3.8) is 0 Å². The van der Waals surface area contributed by atoms with Gasteiger partial charge in [0, 0.05) is 25.3 Å². The molecule has 0 aromatic carbocycles. The first-order chi connectivity index (χ1) is 7.59. The van der Waals surface area contributed by atoms with Crippen molar-refractivity contribution >= 4 is 5.91 Å². The Morgan fingerprint density at radius 3 is 2.88 bits per heavy atom. The normalized spacial score (nSPS) is 13.9. The van der Waals surface area contributed by atoms with Crippen molar-refractivity contribution in [1.29, 1.82) is 0 Å². The summed E-state index contributed by atoms with van der Waals surface area (Å²) in [5.41, 5.74) is 1.74. The molecule has 0 atom stereocenters. The summed E-state index contributed by atoms with van der Waals surface area (Å²) in [6.07, 6.45) is 1.67. The monoisotopic (exact) mass is 221 g/mol. The lowest BCUT2D eigenvalue weighted by Gasteiger charge is -2.10. The van der Waals surface area contributed by atoms with Crippen molar-refractivity contribution < 1.29 is 4.79 Å². The number of rotatable bonds is 2. The van der Waals surface area contributed by atoms with Gasteiger partial charge in [0.1, 0.15) is 5.56 Å². The number of pyridine rings is 1. The summed E-state index contributed by atoms with van der Waals surface area (Å²) in [5.74, 6) is -0.295. The molecular formula is C11H15N3O2. The molecule has 0 fully saturated rings. The van der Waals surface area contributed by atoms with Crippen LogP contribution in [0.25, 0.3) is 0 Å². The Bertz CT molecular complexity index is 477. The molecule has 1 aromatic rings. The number of aromatic amines is 1. The van der Waals surface area contributed by atoms with Crippen molar-refractivity contribution in [2.45, 2.75) is 33.0 Å². The van der Waals surface area contributed by atoms with E-state index in [-0.39, 0.29) is 23.1 Å². The largest absolute Gasteiger partial charge is 0.350 e. The van der Waals surface area contributed by atoms with E-state index in [9.17, 15) is 9.59 Å². The number of hydrogen-bond donors (Lipinski definition) is 3. The van der Waals surface area contributed by atoms with Crippen LogP contribution in [-0.4, -0.2) is 16.9 Å². The highest BCUT2D eigenvalue weighted by Crippen LogP contribution is 2.15. The van der Waals surface area contributed by atoms with Crippen LogP contribution >= 0.6 is 0 Å². The molecule has 2 heterocycles. The lowest BCUT2D eigenvalue weighted by molar-refractivity contribution is 0.0940. The van der Waals surface area contributed by atoms with E-state index in [0.717, 1.165) is 11.1 Å². The molecule has 0 saturated heterocycles. The third-order valence-electron chi connectivity index (χ3n) is 2.56. The van der Waals surface area contributed by atoms with Crippen molar-refractivity contribution in [3.05, 3.63) is 33.2 Å². The minimum atomic E-state index is -0.319. The lowest BCUT2D eigenvalue weighted by Crippen LogP contribution is -2.35. The van der Waals surface area contributed by atoms with E-state index in [4.69, 9.17) is 0 Å². The van der Waals surface area contributed by atoms with Crippen LogP contribution in [0.2, 0.25) is 0 Å². The number of aromatic nitrogens is 1. The van der Waals surface area contributed by atoms with Crippen molar-refractivity contribution in [2.24, 2.45) is 0 Å². The van der Waals surface area contributed by atoms with Crippen LogP contribution in [0.15, 0.2) is 11.0 Å². The highest BCUT2D eigenvalue weighted by atomic mass is 16.2. The highest BCUT2D eigenvalue weighted by Gasteiger charge is 2.22. The van der Waals surface area contributed by atoms with E-state index in [1.54, 1.807) is 6.20 Å². The standard InChI is InChI=1S/C11H15N3O2/c1-6(2)14-11(16)9-8-5-12-3-7(8)4-13-10(9)15/h4,6,12H,3,5H2,1-2H3,(H,13,15)(H,14,16). The Balaban J connectivity index is 2.44. The van der Waals surface area contributed by atoms with Crippen LogP contribution in [0.5, 0.6) is 0 Å². The maximum absolute atomic E-state index is 11.9. The van der Waals surface area contributed by atoms with E-state index in [0.29, 0.717) is 13.1 Å². The van der Waals surface area contributed by atoms with E-state index < -0.39 is 0 Å². The SMILES string of the molecule is CC(C)NC(=O)c1c2c(c[nH]c1=O)CNC2. The quantitative estimate of drug-likeness (QED) is 0.664. The summed E-state index contributed by atoms with van der Waals surface area (Å²) in [4.78, 5) is 26.1. The van der Waals surface area contributed by atoms with Gasteiger partial charge >= 0.3 is 0 Å². The molecule has 0 spiro atoms. The molecule has 16 heavy (non-hydrogen) atoms. The van der Waals surface area contributed by atoms with Crippen molar-refractivity contribution in [3.8, 4) is 0 Å². The zero-order chi connectivity index (χ0) is 11.7. The van der Waals surface area contributed by atoms with E-state index in [1.165, 1.54) is 0 Å². The Morgan fingerprint density at radius 1 is 1.44 bits per heavy atom. The van der Waals surface area contributed by atoms with Gasteiger partial charge in [-0.25, -0.2) is 0 Å². The molecule has 3 N–H and O–H groups in total. The number of carbonyl (C=O) groups excluding carboxylic acids is 1. The van der Waals surface area contributed by atoms with Gasteiger partial charge in [-0.1, -0.05) is 0 Å². The zero-order valence-electron chi connectivity index (χ0n) is 9.39. The molecule has 5 nitrogen and oxygen atoms in total.